The Morgan fingerprint density at radius 1 is 1.45 bits per heavy atom. The topological polar surface area (TPSA) is 58.6 Å². The van der Waals surface area contributed by atoms with Crippen molar-refractivity contribution in [1.82, 2.24) is 10.2 Å². The first kappa shape index (κ1) is 17.0. The Morgan fingerprint density at radius 3 is 2.77 bits per heavy atom. The summed E-state index contributed by atoms with van der Waals surface area (Å²) < 4.78 is 5.06. The molecule has 0 bridgehead atoms. The lowest BCUT2D eigenvalue weighted by molar-refractivity contribution is -0.149. The number of ether oxygens (including phenoxy) is 1. The summed E-state index contributed by atoms with van der Waals surface area (Å²) in [7, 11) is 0. The predicted octanol–water partition coefficient (Wildman–Crippen LogP) is 2.20. The van der Waals surface area contributed by atoms with Crippen molar-refractivity contribution in [2.75, 3.05) is 26.2 Å². The first-order valence-electron chi connectivity index (χ1n) is 7.82. The molecule has 0 spiro atoms. The van der Waals surface area contributed by atoms with Crippen molar-refractivity contribution in [3.8, 4) is 0 Å². The van der Waals surface area contributed by atoms with Gasteiger partial charge in [-0.1, -0.05) is 6.07 Å². The average Bonchev–Trinajstić information content (AvgIpc) is 3.02. The summed E-state index contributed by atoms with van der Waals surface area (Å²) >= 11 is 1.65. The summed E-state index contributed by atoms with van der Waals surface area (Å²) in [5.41, 5.74) is 0. The third kappa shape index (κ3) is 4.81. The van der Waals surface area contributed by atoms with Gasteiger partial charge in [-0.15, -0.1) is 11.3 Å². The van der Waals surface area contributed by atoms with Gasteiger partial charge in [0.15, 0.2) is 0 Å². The highest BCUT2D eigenvalue weighted by molar-refractivity contribution is 7.10. The van der Waals surface area contributed by atoms with E-state index in [0.717, 1.165) is 30.8 Å². The van der Waals surface area contributed by atoms with Crippen molar-refractivity contribution in [2.45, 2.75) is 32.7 Å². The quantitative estimate of drug-likeness (QED) is 0.815. The van der Waals surface area contributed by atoms with Gasteiger partial charge in [-0.25, -0.2) is 0 Å². The molecule has 0 radical (unpaired) electrons. The fourth-order valence-corrected chi connectivity index (χ4v) is 3.42. The molecule has 1 aliphatic rings. The number of hydrogen-bond acceptors (Lipinski definition) is 5. The third-order valence-electron chi connectivity index (χ3n) is 3.92. The van der Waals surface area contributed by atoms with Crippen LogP contribution in [0.4, 0.5) is 0 Å². The van der Waals surface area contributed by atoms with Crippen molar-refractivity contribution < 1.29 is 14.3 Å². The molecule has 1 fully saturated rings. The van der Waals surface area contributed by atoms with Crippen LogP contribution in [0.3, 0.4) is 0 Å². The van der Waals surface area contributed by atoms with Gasteiger partial charge < -0.3 is 10.1 Å². The maximum atomic E-state index is 12.1. The monoisotopic (exact) mass is 324 g/mol. The molecule has 122 valence electrons. The normalized spacial score (nSPS) is 17.9. The fourth-order valence-electron chi connectivity index (χ4n) is 2.69. The lowest BCUT2D eigenvalue weighted by Crippen LogP contribution is -2.43. The Bertz CT molecular complexity index is 482. The van der Waals surface area contributed by atoms with E-state index in [9.17, 15) is 9.59 Å². The maximum Gasteiger partial charge on any atom is 0.309 e. The second kappa shape index (κ2) is 8.29. The van der Waals surface area contributed by atoms with Gasteiger partial charge in [0.1, 0.15) is 0 Å². The highest BCUT2D eigenvalue weighted by atomic mass is 32.1. The molecule has 1 atom stereocenters. The molecule has 6 heteroatoms. The zero-order chi connectivity index (χ0) is 15.9. The molecule has 2 rings (SSSR count). The number of nitrogens with one attached hydrogen (secondary N) is 1. The van der Waals surface area contributed by atoms with Gasteiger partial charge in [0, 0.05) is 4.88 Å². The molecular weight excluding hydrogens is 300 g/mol. The molecule has 0 unspecified atom stereocenters. The highest BCUT2D eigenvalue weighted by Gasteiger charge is 2.26. The van der Waals surface area contributed by atoms with Gasteiger partial charge >= 0.3 is 5.97 Å². The zero-order valence-corrected chi connectivity index (χ0v) is 14.0. The van der Waals surface area contributed by atoms with Crippen LogP contribution in [-0.4, -0.2) is 43.0 Å². The van der Waals surface area contributed by atoms with Gasteiger partial charge in [-0.05, 0) is 51.2 Å². The number of likely N-dealkylation sites (tertiary alicyclic amines) is 1. The van der Waals surface area contributed by atoms with E-state index in [4.69, 9.17) is 4.74 Å². The molecule has 0 aromatic carbocycles. The standard InChI is InChI=1S/C16H24N2O3S/c1-3-21-16(20)13-6-8-18(9-7-13)11-15(19)17-12(2)14-5-4-10-22-14/h4-5,10,12-13H,3,6-9,11H2,1-2H3,(H,17,19)/t12-/m0/s1. The van der Waals surface area contributed by atoms with E-state index in [1.54, 1.807) is 11.3 Å². The molecule has 1 saturated heterocycles. The van der Waals surface area contributed by atoms with E-state index >= 15 is 0 Å². The number of amides is 1. The fraction of sp³-hybridized carbons (Fsp3) is 0.625. The molecular formula is C16H24N2O3S. The van der Waals surface area contributed by atoms with Gasteiger partial charge in [0.25, 0.3) is 0 Å². The second-order valence-electron chi connectivity index (χ2n) is 5.61. The van der Waals surface area contributed by atoms with Crippen LogP contribution in [0.5, 0.6) is 0 Å². The van der Waals surface area contributed by atoms with Gasteiger partial charge in [-0.2, -0.15) is 0 Å². The van der Waals surface area contributed by atoms with Gasteiger partial charge in [-0.3, -0.25) is 14.5 Å². The van der Waals surface area contributed by atoms with Crippen LogP contribution in [0.15, 0.2) is 17.5 Å². The molecule has 0 saturated carbocycles. The lowest BCUT2D eigenvalue weighted by Gasteiger charge is -2.30. The predicted molar refractivity (Wildman–Crippen MR) is 86.7 cm³/mol. The Balaban J connectivity index is 1.71. The SMILES string of the molecule is CCOC(=O)C1CCN(CC(=O)N[C@@H](C)c2cccs2)CC1. The van der Waals surface area contributed by atoms with Crippen molar-refractivity contribution in [3.63, 3.8) is 0 Å². The molecule has 2 heterocycles. The van der Waals surface area contributed by atoms with Crippen LogP contribution in [0.25, 0.3) is 0 Å². The minimum atomic E-state index is -0.0991. The minimum Gasteiger partial charge on any atom is -0.466 e. The van der Waals surface area contributed by atoms with E-state index in [0.29, 0.717) is 13.2 Å². The minimum absolute atomic E-state index is 0.00990. The van der Waals surface area contributed by atoms with Crippen LogP contribution < -0.4 is 5.32 Å². The van der Waals surface area contributed by atoms with Gasteiger partial charge in [0.05, 0.1) is 25.1 Å². The zero-order valence-electron chi connectivity index (χ0n) is 13.2. The van der Waals surface area contributed by atoms with E-state index in [1.807, 2.05) is 31.4 Å². The summed E-state index contributed by atoms with van der Waals surface area (Å²) in [6.07, 6.45) is 1.54. The summed E-state index contributed by atoms with van der Waals surface area (Å²) in [5.74, 6) is -0.0716. The van der Waals surface area contributed by atoms with E-state index < -0.39 is 0 Å². The Kier molecular flexibility index (Phi) is 6.39. The number of hydrogen-bond donors (Lipinski definition) is 1. The van der Waals surface area contributed by atoms with Crippen LogP contribution in [0, 0.1) is 5.92 Å². The van der Waals surface area contributed by atoms with E-state index in [-0.39, 0.29) is 23.8 Å². The van der Waals surface area contributed by atoms with Gasteiger partial charge in [0.2, 0.25) is 5.91 Å². The van der Waals surface area contributed by atoms with Crippen LogP contribution in [0.1, 0.15) is 37.6 Å². The number of esters is 1. The van der Waals surface area contributed by atoms with Crippen LogP contribution in [0.2, 0.25) is 0 Å². The molecule has 1 amide bonds. The summed E-state index contributed by atoms with van der Waals surface area (Å²) in [6, 6.07) is 4.06. The van der Waals surface area contributed by atoms with Crippen LogP contribution in [-0.2, 0) is 14.3 Å². The molecule has 1 aromatic rings. The molecule has 1 N–H and O–H groups in total. The number of carbonyl (C=O) groups is 2. The van der Waals surface area contributed by atoms with E-state index in [1.165, 1.54) is 0 Å². The molecule has 1 aromatic heterocycles. The summed E-state index contributed by atoms with van der Waals surface area (Å²) in [4.78, 5) is 27.0. The molecule has 0 aliphatic carbocycles. The first-order valence-corrected chi connectivity index (χ1v) is 8.70. The number of rotatable bonds is 6. The second-order valence-corrected chi connectivity index (χ2v) is 6.59. The first-order chi connectivity index (χ1) is 10.6. The van der Waals surface area contributed by atoms with Crippen molar-refractivity contribution in [1.29, 1.82) is 0 Å². The summed E-state index contributed by atoms with van der Waals surface area (Å²) in [5, 5.41) is 5.03. The van der Waals surface area contributed by atoms with Crippen molar-refractivity contribution in [2.24, 2.45) is 5.92 Å². The smallest absolute Gasteiger partial charge is 0.309 e. The Hall–Kier alpha value is -1.40. The van der Waals surface area contributed by atoms with E-state index in [2.05, 4.69) is 10.2 Å². The number of nitrogens with zero attached hydrogens (tertiary/aromatic N) is 1. The molecule has 22 heavy (non-hydrogen) atoms. The number of piperidine rings is 1. The number of thiophene rings is 1. The average molecular weight is 324 g/mol. The molecule has 5 nitrogen and oxygen atoms in total. The lowest BCUT2D eigenvalue weighted by atomic mass is 9.97. The van der Waals surface area contributed by atoms with Crippen LogP contribution >= 0.6 is 11.3 Å². The maximum absolute atomic E-state index is 12.1. The van der Waals surface area contributed by atoms with Crippen molar-refractivity contribution >= 4 is 23.2 Å². The molecule has 1 aliphatic heterocycles. The Labute approximate surface area is 135 Å². The largest absolute Gasteiger partial charge is 0.466 e. The third-order valence-corrected chi connectivity index (χ3v) is 4.98. The highest BCUT2D eigenvalue weighted by Crippen LogP contribution is 2.20. The summed E-state index contributed by atoms with van der Waals surface area (Å²) in [6.45, 7) is 6.19. The van der Waals surface area contributed by atoms with Crippen molar-refractivity contribution in [3.05, 3.63) is 22.4 Å². The Morgan fingerprint density at radius 2 is 2.18 bits per heavy atom. The number of carbonyl (C=O) groups excluding carboxylic acids is 2.